The molecule has 3 aliphatic rings. The molecule has 2 saturated heterocycles. The molecular formula is C31H32Cl2N2O6S2. The third kappa shape index (κ3) is 5.20. The Kier molecular flexibility index (Phi) is 7.94. The standard InChI is InChI=1S/C31H32Cl2N2O6S2/c1-42(37,38)24-14-16-34(19-24)30(36)35-17-15-31(43(39,40)23-6-3-2-4-7-23)26-12-11-22(18-21(26)10-13-29(31)35)41-20-25-27(32)8-5-9-28(25)33/h2-9,11-12,18,24,29H,10,13-17,19-20H2,1H3/t24?,29-,31-/m1/s1. The first-order chi connectivity index (χ1) is 20.4. The molecule has 2 fully saturated rings. The van der Waals surface area contributed by atoms with E-state index in [2.05, 4.69) is 0 Å². The molecule has 1 unspecified atom stereocenters. The van der Waals surface area contributed by atoms with Gasteiger partial charge in [0.2, 0.25) is 0 Å². The molecule has 228 valence electrons. The third-order valence-electron chi connectivity index (χ3n) is 9.10. The van der Waals surface area contributed by atoms with E-state index >= 15 is 0 Å². The number of aryl methyl sites for hydroxylation is 1. The molecule has 0 N–H and O–H groups in total. The van der Waals surface area contributed by atoms with Gasteiger partial charge < -0.3 is 14.5 Å². The predicted octanol–water partition coefficient (Wildman–Crippen LogP) is 5.50. The molecule has 0 radical (unpaired) electrons. The topological polar surface area (TPSA) is 101 Å². The molecule has 3 aromatic carbocycles. The minimum Gasteiger partial charge on any atom is -0.489 e. The zero-order valence-corrected chi connectivity index (χ0v) is 26.7. The lowest BCUT2D eigenvalue weighted by Gasteiger charge is -2.43. The van der Waals surface area contributed by atoms with Gasteiger partial charge in [-0.2, -0.15) is 0 Å². The van der Waals surface area contributed by atoms with Crippen LogP contribution in [0.15, 0.2) is 71.6 Å². The van der Waals surface area contributed by atoms with E-state index in [1.807, 2.05) is 12.1 Å². The number of halogens is 2. The van der Waals surface area contributed by atoms with Crippen LogP contribution in [0.2, 0.25) is 10.0 Å². The Balaban J connectivity index is 1.36. The molecule has 0 aromatic heterocycles. The van der Waals surface area contributed by atoms with Crippen LogP contribution in [-0.2, 0) is 37.4 Å². The molecule has 3 aromatic rings. The van der Waals surface area contributed by atoms with E-state index in [1.165, 1.54) is 6.26 Å². The van der Waals surface area contributed by atoms with Crippen molar-refractivity contribution in [2.45, 2.75) is 53.2 Å². The first-order valence-corrected chi connectivity index (χ1v) is 18.4. The van der Waals surface area contributed by atoms with E-state index in [9.17, 15) is 21.6 Å². The van der Waals surface area contributed by atoms with Crippen LogP contribution in [0.5, 0.6) is 5.75 Å². The smallest absolute Gasteiger partial charge is 0.320 e. The lowest BCUT2D eigenvalue weighted by atomic mass is 9.78. The Labute approximate surface area is 262 Å². The van der Waals surface area contributed by atoms with Gasteiger partial charge in [-0.25, -0.2) is 21.6 Å². The molecule has 1 aliphatic carbocycles. The van der Waals surface area contributed by atoms with Crippen LogP contribution in [0.1, 0.15) is 36.0 Å². The number of carbonyl (C=O) groups excluding carboxylic acids is 1. The van der Waals surface area contributed by atoms with Crippen LogP contribution in [0.4, 0.5) is 4.79 Å². The number of rotatable bonds is 6. The van der Waals surface area contributed by atoms with Crippen molar-refractivity contribution in [3.63, 3.8) is 0 Å². The van der Waals surface area contributed by atoms with Crippen molar-refractivity contribution in [3.05, 3.63) is 93.5 Å². The maximum absolute atomic E-state index is 14.6. The first kappa shape index (κ1) is 30.2. The number of ether oxygens (including phenoxy) is 1. The molecule has 2 heterocycles. The summed E-state index contributed by atoms with van der Waals surface area (Å²) in [7, 11) is -7.25. The summed E-state index contributed by atoms with van der Waals surface area (Å²) in [6, 6.07) is 18.2. The molecule has 3 atom stereocenters. The van der Waals surface area contributed by atoms with Gasteiger partial charge in [0.05, 0.1) is 16.2 Å². The van der Waals surface area contributed by atoms with Crippen molar-refractivity contribution in [1.29, 1.82) is 0 Å². The molecular weight excluding hydrogens is 631 g/mol. The van der Waals surface area contributed by atoms with Crippen LogP contribution in [0, 0.1) is 0 Å². The van der Waals surface area contributed by atoms with Gasteiger partial charge >= 0.3 is 6.03 Å². The largest absolute Gasteiger partial charge is 0.489 e. The molecule has 2 aliphatic heterocycles. The molecule has 0 saturated carbocycles. The average Bonchev–Trinajstić information content (AvgIpc) is 3.64. The van der Waals surface area contributed by atoms with Gasteiger partial charge in [-0.05, 0) is 73.2 Å². The zero-order chi connectivity index (χ0) is 30.6. The highest BCUT2D eigenvalue weighted by Gasteiger charge is 2.61. The van der Waals surface area contributed by atoms with E-state index in [4.69, 9.17) is 27.9 Å². The van der Waals surface area contributed by atoms with Gasteiger partial charge in [-0.3, -0.25) is 0 Å². The summed E-state index contributed by atoms with van der Waals surface area (Å²) in [5.41, 5.74) is 2.18. The number of fused-ring (bicyclic) bond motifs is 3. The van der Waals surface area contributed by atoms with E-state index in [1.54, 1.807) is 64.4 Å². The van der Waals surface area contributed by atoms with Gasteiger partial charge in [0.15, 0.2) is 19.7 Å². The number of urea groups is 1. The van der Waals surface area contributed by atoms with E-state index < -0.39 is 35.7 Å². The van der Waals surface area contributed by atoms with Crippen LogP contribution < -0.4 is 4.74 Å². The highest BCUT2D eigenvalue weighted by molar-refractivity contribution is 7.92. The number of hydrogen-bond acceptors (Lipinski definition) is 6. The first-order valence-electron chi connectivity index (χ1n) is 14.2. The monoisotopic (exact) mass is 662 g/mol. The van der Waals surface area contributed by atoms with Gasteiger partial charge in [-0.15, -0.1) is 0 Å². The van der Waals surface area contributed by atoms with Crippen molar-refractivity contribution in [3.8, 4) is 5.75 Å². The predicted molar refractivity (Wildman–Crippen MR) is 166 cm³/mol. The van der Waals surface area contributed by atoms with Crippen molar-refractivity contribution in [1.82, 2.24) is 9.80 Å². The lowest BCUT2D eigenvalue weighted by Crippen LogP contribution is -2.54. The minimum atomic E-state index is -3.96. The van der Waals surface area contributed by atoms with Crippen molar-refractivity contribution in [2.24, 2.45) is 0 Å². The van der Waals surface area contributed by atoms with Crippen LogP contribution >= 0.6 is 23.2 Å². The SMILES string of the molecule is CS(=O)(=O)C1CCN(C(=O)N2CC[C@@]3(S(=O)(=O)c4ccccc4)c4ccc(OCc5c(Cl)cccc5Cl)cc4CC[C@@H]23)C1. The number of nitrogens with zero attached hydrogens (tertiary/aromatic N) is 2. The third-order valence-corrected chi connectivity index (χ3v) is 14.0. The molecule has 8 nitrogen and oxygen atoms in total. The fraction of sp³-hybridized carbons (Fsp3) is 0.387. The Bertz CT molecular complexity index is 1760. The maximum atomic E-state index is 14.6. The zero-order valence-electron chi connectivity index (χ0n) is 23.6. The lowest BCUT2D eigenvalue weighted by molar-refractivity contribution is 0.149. The highest BCUT2D eigenvalue weighted by Crippen LogP contribution is 2.53. The van der Waals surface area contributed by atoms with Gasteiger partial charge in [0.1, 0.15) is 17.1 Å². The second-order valence-electron chi connectivity index (χ2n) is 11.5. The van der Waals surface area contributed by atoms with Crippen molar-refractivity contribution in [2.75, 3.05) is 25.9 Å². The summed E-state index contributed by atoms with van der Waals surface area (Å²) in [5, 5.41) is 0.388. The Morgan fingerprint density at radius 2 is 1.67 bits per heavy atom. The molecule has 0 spiro atoms. The Morgan fingerprint density at radius 3 is 2.35 bits per heavy atom. The fourth-order valence-electron chi connectivity index (χ4n) is 6.89. The summed E-state index contributed by atoms with van der Waals surface area (Å²) in [6.07, 6.45) is 2.78. The van der Waals surface area contributed by atoms with Crippen LogP contribution in [0.25, 0.3) is 0 Å². The number of sulfone groups is 2. The minimum absolute atomic E-state index is 0.117. The molecule has 12 heteroatoms. The molecule has 43 heavy (non-hydrogen) atoms. The van der Waals surface area contributed by atoms with E-state index in [-0.39, 0.29) is 37.0 Å². The highest BCUT2D eigenvalue weighted by atomic mass is 35.5. The number of amides is 2. The number of benzene rings is 3. The summed E-state index contributed by atoms with van der Waals surface area (Å²) in [5.74, 6) is 0.565. The van der Waals surface area contributed by atoms with Gasteiger partial charge in [0, 0.05) is 41.5 Å². The number of hydrogen-bond donors (Lipinski definition) is 0. The van der Waals surface area contributed by atoms with Gasteiger partial charge in [-0.1, -0.05) is 53.5 Å². The summed E-state index contributed by atoms with van der Waals surface area (Å²) >= 11 is 12.6. The second kappa shape index (κ2) is 11.3. The summed E-state index contributed by atoms with van der Waals surface area (Å²) in [4.78, 5) is 17.3. The molecule has 6 rings (SSSR count). The van der Waals surface area contributed by atoms with Crippen molar-refractivity contribution >= 4 is 48.9 Å². The summed E-state index contributed by atoms with van der Waals surface area (Å²) < 4.78 is 58.2. The maximum Gasteiger partial charge on any atom is 0.320 e. The van der Waals surface area contributed by atoms with Crippen LogP contribution in [0.3, 0.4) is 0 Å². The van der Waals surface area contributed by atoms with Crippen LogP contribution in [-0.4, -0.2) is 69.8 Å². The van der Waals surface area contributed by atoms with Gasteiger partial charge in [0.25, 0.3) is 0 Å². The average molecular weight is 664 g/mol. The van der Waals surface area contributed by atoms with E-state index in [0.717, 1.165) is 5.56 Å². The molecule has 0 bridgehead atoms. The summed E-state index contributed by atoms with van der Waals surface area (Å²) in [6.45, 7) is 0.843. The Morgan fingerprint density at radius 1 is 0.953 bits per heavy atom. The Hall–Kier alpha value is -2.79. The number of likely N-dealkylation sites (tertiary alicyclic amines) is 2. The van der Waals surface area contributed by atoms with Crippen molar-refractivity contribution < 1.29 is 26.4 Å². The quantitative estimate of drug-likeness (QED) is 0.346. The molecule has 2 amide bonds. The normalized spacial score (nSPS) is 23.6. The number of carbonyl (C=O) groups is 1. The fourth-order valence-corrected chi connectivity index (χ4v) is 10.8. The van der Waals surface area contributed by atoms with E-state index in [0.29, 0.717) is 52.7 Å². The second-order valence-corrected chi connectivity index (χ2v) is 16.8.